The maximum atomic E-state index is 11.4. The van der Waals surface area contributed by atoms with Gasteiger partial charge in [-0.25, -0.2) is 9.97 Å². The first-order valence-corrected chi connectivity index (χ1v) is 4.96. The van der Waals surface area contributed by atoms with Crippen LogP contribution in [-0.2, 0) is 4.79 Å². The quantitative estimate of drug-likeness (QED) is 0.765. The second-order valence-electron chi connectivity index (χ2n) is 3.34. The summed E-state index contributed by atoms with van der Waals surface area (Å²) in [6, 6.07) is -0.326. The Hall–Kier alpha value is -1.65. The van der Waals surface area contributed by atoms with Gasteiger partial charge in [-0.1, -0.05) is 0 Å². The van der Waals surface area contributed by atoms with Crippen molar-refractivity contribution in [2.24, 2.45) is 0 Å². The van der Waals surface area contributed by atoms with Crippen molar-refractivity contribution in [3.05, 3.63) is 18.0 Å². The van der Waals surface area contributed by atoms with E-state index < -0.39 is 0 Å². The van der Waals surface area contributed by atoms with E-state index in [4.69, 9.17) is 0 Å². The topological polar surface area (TPSA) is 66.9 Å². The number of nitrogens with zero attached hydrogens (tertiary/aromatic N) is 2. The van der Waals surface area contributed by atoms with Gasteiger partial charge in [0.25, 0.3) is 0 Å². The molecule has 1 aromatic heterocycles. The van der Waals surface area contributed by atoms with E-state index in [-0.39, 0.29) is 11.9 Å². The Balaban J connectivity index is 2.54. The molecule has 0 fully saturated rings. The minimum absolute atomic E-state index is 0.0540. The molecule has 0 saturated carbocycles. The summed E-state index contributed by atoms with van der Waals surface area (Å²) < 4.78 is 0. The van der Waals surface area contributed by atoms with Crippen LogP contribution in [0.2, 0.25) is 0 Å². The van der Waals surface area contributed by atoms with Crippen LogP contribution in [0.15, 0.2) is 12.4 Å². The molecular formula is C10H16N4O. The fourth-order valence-corrected chi connectivity index (χ4v) is 1.05. The van der Waals surface area contributed by atoms with Crippen molar-refractivity contribution in [2.45, 2.75) is 26.8 Å². The van der Waals surface area contributed by atoms with Gasteiger partial charge in [-0.3, -0.25) is 4.79 Å². The van der Waals surface area contributed by atoms with Crippen LogP contribution in [0.25, 0.3) is 0 Å². The highest BCUT2D eigenvalue weighted by Crippen LogP contribution is 2.00. The average Bonchev–Trinajstić information content (AvgIpc) is 2.22. The summed E-state index contributed by atoms with van der Waals surface area (Å²) in [7, 11) is 0. The molecule has 0 aliphatic rings. The number of amides is 1. The lowest BCUT2D eigenvalue weighted by Gasteiger charge is -2.12. The molecule has 0 aliphatic heterocycles. The second kappa shape index (κ2) is 5.29. The molecule has 0 spiro atoms. The number of anilines is 1. The van der Waals surface area contributed by atoms with E-state index >= 15 is 0 Å². The number of aryl methyl sites for hydroxylation is 1. The summed E-state index contributed by atoms with van der Waals surface area (Å²) >= 11 is 0. The predicted molar refractivity (Wildman–Crippen MR) is 58.5 cm³/mol. The first kappa shape index (κ1) is 11.4. The fraction of sp³-hybridized carbons (Fsp3) is 0.500. The van der Waals surface area contributed by atoms with E-state index in [1.807, 2.05) is 13.8 Å². The summed E-state index contributed by atoms with van der Waals surface area (Å²) in [6.07, 6.45) is 3.42. The molecule has 1 unspecified atom stereocenters. The van der Waals surface area contributed by atoms with E-state index in [0.717, 1.165) is 5.56 Å². The number of likely N-dealkylation sites (N-methyl/N-ethyl adjacent to an activating group) is 1. The number of hydrogen-bond donors (Lipinski definition) is 2. The molecule has 82 valence electrons. The molecule has 2 N–H and O–H groups in total. The van der Waals surface area contributed by atoms with Gasteiger partial charge in [0.1, 0.15) is 6.04 Å². The lowest BCUT2D eigenvalue weighted by atomic mass is 10.3. The summed E-state index contributed by atoms with van der Waals surface area (Å²) in [6.45, 7) is 6.19. The lowest BCUT2D eigenvalue weighted by molar-refractivity contribution is -0.121. The summed E-state index contributed by atoms with van der Waals surface area (Å²) in [5.74, 6) is 0.418. The maximum Gasteiger partial charge on any atom is 0.242 e. The Kier molecular flexibility index (Phi) is 4.03. The Bertz CT molecular complexity index is 323. The number of nitrogens with one attached hydrogen (secondary N) is 2. The van der Waals surface area contributed by atoms with Crippen LogP contribution in [0.4, 0.5) is 5.95 Å². The van der Waals surface area contributed by atoms with Gasteiger partial charge < -0.3 is 10.6 Å². The minimum Gasteiger partial charge on any atom is -0.355 e. The molecule has 0 radical (unpaired) electrons. The average molecular weight is 208 g/mol. The molecular weight excluding hydrogens is 192 g/mol. The molecule has 1 heterocycles. The van der Waals surface area contributed by atoms with E-state index in [9.17, 15) is 4.79 Å². The first-order chi connectivity index (χ1) is 7.13. The Morgan fingerprint density at radius 2 is 2.07 bits per heavy atom. The van der Waals surface area contributed by atoms with Gasteiger partial charge in [-0.15, -0.1) is 0 Å². The molecule has 0 bridgehead atoms. The third kappa shape index (κ3) is 3.53. The Morgan fingerprint density at radius 1 is 1.47 bits per heavy atom. The van der Waals surface area contributed by atoms with Gasteiger partial charge >= 0.3 is 0 Å². The van der Waals surface area contributed by atoms with Crippen molar-refractivity contribution in [1.82, 2.24) is 15.3 Å². The minimum atomic E-state index is -0.326. The highest BCUT2D eigenvalue weighted by Gasteiger charge is 2.11. The molecule has 5 nitrogen and oxygen atoms in total. The zero-order valence-electron chi connectivity index (χ0n) is 9.24. The smallest absolute Gasteiger partial charge is 0.242 e. The standard InChI is InChI=1S/C10H16N4O/c1-4-11-9(15)8(3)14-10-12-5-7(2)6-13-10/h5-6,8H,4H2,1-3H3,(H,11,15)(H,12,13,14). The molecule has 0 saturated heterocycles. The second-order valence-corrected chi connectivity index (χ2v) is 3.34. The van der Waals surface area contributed by atoms with Crippen LogP contribution in [0.3, 0.4) is 0 Å². The van der Waals surface area contributed by atoms with Gasteiger partial charge in [-0.2, -0.15) is 0 Å². The zero-order valence-corrected chi connectivity index (χ0v) is 9.24. The van der Waals surface area contributed by atoms with Gasteiger partial charge in [-0.05, 0) is 26.3 Å². The first-order valence-electron chi connectivity index (χ1n) is 4.96. The molecule has 0 aromatic carbocycles. The lowest BCUT2D eigenvalue weighted by Crippen LogP contribution is -2.37. The van der Waals surface area contributed by atoms with Crippen molar-refractivity contribution < 1.29 is 4.79 Å². The van der Waals surface area contributed by atoms with Crippen LogP contribution in [0.1, 0.15) is 19.4 Å². The largest absolute Gasteiger partial charge is 0.355 e. The van der Waals surface area contributed by atoms with Crippen molar-refractivity contribution in [2.75, 3.05) is 11.9 Å². The normalized spacial score (nSPS) is 11.9. The molecule has 5 heteroatoms. The summed E-state index contributed by atoms with van der Waals surface area (Å²) in [4.78, 5) is 19.5. The molecule has 0 aliphatic carbocycles. The number of carbonyl (C=O) groups excluding carboxylic acids is 1. The Morgan fingerprint density at radius 3 is 2.60 bits per heavy atom. The van der Waals surface area contributed by atoms with E-state index in [1.165, 1.54) is 0 Å². The fourth-order valence-electron chi connectivity index (χ4n) is 1.05. The predicted octanol–water partition coefficient (Wildman–Crippen LogP) is 0.722. The van der Waals surface area contributed by atoms with Crippen molar-refractivity contribution in [3.63, 3.8) is 0 Å². The number of aromatic nitrogens is 2. The van der Waals surface area contributed by atoms with Crippen molar-refractivity contribution >= 4 is 11.9 Å². The molecule has 1 aromatic rings. The Labute approximate surface area is 89.3 Å². The van der Waals surface area contributed by atoms with Crippen LogP contribution in [0, 0.1) is 6.92 Å². The van der Waals surface area contributed by atoms with Crippen LogP contribution >= 0.6 is 0 Å². The van der Waals surface area contributed by atoms with E-state index in [1.54, 1.807) is 19.3 Å². The molecule has 1 atom stereocenters. The highest BCUT2D eigenvalue weighted by atomic mass is 16.2. The van der Waals surface area contributed by atoms with Crippen molar-refractivity contribution in [3.8, 4) is 0 Å². The van der Waals surface area contributed by atoms with E-state index in [0.29, 0.717) is 12.5 Å². The molecule has 15 heavy (non-hydrogen) atoms. The van der Waals surface area contributed by atoms with Gasteiger partial charge in [0.15, 0.2) is 0 Å². The van der Waals surface area contributed by atoms with Crippen LogP contribution in [-0.4, -0.2) is 28.5 Å². The van der Waals surface area contributed by atoms with Crippen LogP contribution in [0.5, 0.6) is 0 Å². The highest BCUT2D eigenvalue weighted by molar-refractivity contribution is 5.83. The SMILES string of the molecule is CCNC(=O)C(C)Nc1ncc(C)cn1. The van der Waals surface area contributed by atoms with Gasteiger partial charge in [0.05, 0.1) is 0 Å². The monoisotopic (exact) mass is 208 g/mol. The maximum absolute atomic E-state index is 11.4. The summed E-state index contributed by atoms with van der Waals surface area (Å²) in [5, 5.41) is 5.64. The van der Waals surface area contributed by atoms with Gasteiger partial charge in [0.2, 0.25) is 11.9 Å². The third-order valence-corrected chi connectivity index (χ3v) is 1.87. The number of hydrogen-bond acceptors (Lipinski definition) is 4. The summed E-state index contributed by atoms with van der Waals surface area (Å²) in [5.41, 5.74) is 0.992. The number of carbonyl (C=O) groups is 1. The number of rotatable bonds is 4. The van der Waals surface area contributed by atoms with Crippen LogP contribution < -0.4 is 10.6 Å². The molecule has 1 rings (SSSR count). The third-order valence-electron chi connectivity index (χ3n) is 1.87. The van der Waals surface area contributed by atoms with Gasteiger partial charge in [0, 0.05) is 18.9 Å². The van der Waals surface area contributed by atoms with Crippen molar-refractivity contribution in [1.29, 1.82) is 0 Å². The molecule has 1 amide bonds. The van der Waals surface area contributed by atoms with E-state index in [2.05, 4.69) is 20.6 Å². The zero-order chi connectivity index (χ0) is 11.3.